The van der Waals surface area contributed by atoms with Crippen LogP contribution in [0.2, 0.25) is 0 Å². The van der Waals surface area contributed by atoms with Crippen molar-refractivity contribution >= 4 is 17.5 Å². The van der Waals surface area contributed by atoms with Crippen molar-refractivity contribution in [1.82, 2.24) is 4.57 Å². The summed E-state index contributed by atoms with van der Waals surface area (Å²) in [6.45, 7) is 0.0663. The van der Waals surface area contributed by atoms with Crippen LogP contribution in [0.1, 0.15) is 36.9 Å². The van der Waals surface area contributed by atoms with E-state index in [1.165, 1.54) is 25.9 Å². The standard InChI is InChI=1S/C14H15NO6/c1-15-7(6-19-2)10(14(18)21-4)11-12(15)8(16)5-9(20-3)13(11)17/h5H,6H2,1-4H3. The van der Waals surface area contributed by atoms with Crippen LogP contribution in [0.5, 0.6) is 0 Å². The van der Waals surface area contributed by atoms with Crippen LogP contribution in [0.15, 0.2) is 11.8 Å². The van der Waals surface area contributed by atoms with Gasteiger partial charge >= 0.3 is 5.97 Å². The molecular weight excluding hydrogens is 278 g/mol. The van der Waals surface area contributed by atoms with Gasteiger partial charge in [0.15, 0.2) is 5.76 Å². The molecule has 0 unspecified atom stereocenters. The van der Waals surface area contributed by atoms with Gasteiger partial charge in [-0.15, -0.1) is 0 Å². The zero-order valence-electron chi connectivity index (χ0n) is 12.2. The van der Waals surface area contributed by atoms with E-state index >= 15 is 0 Å². The predicted molar refractivity (Wildman–Crippen MR) is 71.2 cm³/mol. The third kappa shape index (κ3) is 2.15. The first kappa shape index (κ1) is 15.0. The maximum absolute atomic E-state index is 12.4. The van der Waals surface area contributed by atoms with Crippen molar-refractivity contribution in [2.45, 2.75) is 6.61 Å². The molecule has 7 heteroatoms. The summed E-state index contributed by atoms with van der Waals surface area (Å²) >= 11 is 0. The van der Waals surface area contributed by atoms with E-state index in [9.17, 15) is 14.4 Å². The summed E-state index contributed by atoms with van der Waals surface area (Å²) in [6, 6.07) is 0. The van der Waals surface area contributed by atoms with Gasteiger partial charge < -0.3 is 18.8 Å². The van der Waals surface area contributed by atoms with E-state index in [0.29, 0.717) is 5.69 Å². The van der Waals surface area contributed by atoms with E-state index < -0.39 is 17.5 Å². The maximum Gasteiger partial charge on any atom is 0.340 e. The van der Waals surface area contributed by atoms with E-state index in [2.05, 4.69) is 0 Å². The summed E-state index contributed by atoms with van der Waals surface area (Å²) in [7, 11) is 5.55. The molecule has 7 nitrogen and oxygen atoms in total. The number of methoxy groups -OCH3 is 3. The second-order valence-corrected chi connectivity index (χ2v) is 4.43. The highest BCUT2D eigenvalue weighted by molar-refractivity contribution is 6.26. The van der Waals surface area contributed by atoms with Crippen molar-refractivity contribution in [3.05, 3.63) is 34.3 Å². The van der Waals surface area contributed by atoms with Crippen molar-refractivity contribution < 1.29 is 28.6 Å². The molecule has 1 aliphatic carbocycles. The van der Waals surface area contributed by atoms with Gasteiger partial charge in [-0.05, 0) is 0 Å². The highest BCUT2D eigenvalue weighted by Gasteiger charge is 2.37. The number of hydrogen-bond acceptors (Lipinski definition) is 6. The third-order valence-electron chi connectivity index (χ3n) is 3.35. The molecule has 0 amide bonds. The molecule has 0 aliphatic heterocycles. The van der Waals surface area contributed by atoms with Crippen molar-refractivity contribution in [1.29, 1.82) is 0 Å². The summed E-state index contributed by atoms with van der Waals surface area (Å²) in [6.07, 6.45) is 1.11. The minimum atomic E-state index is -0.697. The number of aromatic nitrogens is 1. The van der Waals surface area contributed by atoms with Crippen molar-refractivity contribution in [2.24, 2.45) is 7.05 Å². The molecule has 1 heterocycles. The van der Waals surface area contributed by atoms with Crippen molar-refractivity contribution in [2.75, 3.05) is 21.3 Å². The van der Waals surface area contributed by atoms with Gasteiger partial charge in [0.05, 0.1) is 37.6 Å². The van der Waals surface area contributed by atoms with Crippen LogP contribution >= 0.6 is 0 Å². The van der Waals surface area contributed by atoms with Crippen molar-refractivity contribution in [3.63, 3.8) is 0 Å². The average Bonchev–Trinajstić information content (AvgIpc) is 2.76. The molecule has 21 heavy (non-hydrogen) atoms. The lowest BCUT2D eigenvalue weighted by Gasteiger charge is -2.12. The van der Waals surface area contributed by atoms with E-state index in [1.54, 1.807) is 7.05 Å². The molecule has 0 spiro atoms. The van der Waals surface area contributed by atoms with E-state index in [4.69, 9.17) is 14.2 Å². The van der Waals surface area contributed by atoms with Crippen LogP contribution in [0.25, 0.3) is 0 Å². The first-order valence-electron chi connectivity index (χ1n) is 6.11. The quantitative estimate of drug-likeness (QED) is 0.766. The van der Waals surface area contributed by atoms with Crippen molar-refractivity contribution in [3.8, 4) is 0 Å². The number of allylic oxidation sites excluding steroid dienone is 2. The number of esters is 1. The Morgan fingerprint density at radius 2 is 1.90 bits per heavy atom. The monoisotopic (exact) mass is 293 g/mol. The Morgan fingerprint density at radius 1 is 1.24 bits per heavy atom. The molecule has 0 aromatic carbocycles. The van der Waals surface area contributed by atoms with Gasteiger partial charge in [0.1, 0.15) is 5.69 Å². The van der Waals surface area contributed by atoms with Crippen LogP contribution in [-0.4, -0.2) is 43.4 Å². The fourth-order valence-corrected chi connectivity index (χ4v) is 2.40. The number of carbonyl (C=O) groups is 3. The maximum atomic E-state index is 12.4. The highest BCUT2D eigenvalue weighted by atomic mass is 16.5. The lowest BCUT2D eigenvalue weighted by Crippen LogP contribution is -2.21. The number of ether oxygens (including phenoxy) is 3. The predicted octanol–water partition coefficient (Wildman–Crippen LogP) is 0.867. The molecule has 0 fully saturated rings. The lowest BCUT2D eigenvalue weighted by molar-refractivity contribution is 0.0591. The van der Waals surface area contributed by atoms with E-state index in [-0.39, 0.29) is 29.2 Å². The topological polar surface area (TPSA) is 83.8 Å². The molecule has 0 saturated carbocycles. The smallest absolute Gasteiger partial charge is 0.340 e. The molecule has 1 aliphatic rings. The van der Waals surface area contributed by atoms with Gasteiger partial charge in [-0.3, -0.25) is 9.59 Å². The fourth-order valence-electron chi connectivity index (χ4n) is 2.40. The zero-order valence-corrected chi connectivity index (χ0v) is 12.2. The molecule has 1 aromatic rings. The van der Waals surface area contributed by atoms with E-state index in [0.717, 1.165) is 6.08 Å². The molecule has 0 N–H and O–H groups in total. The molecule has 112 valence electrons. The van der Waals surface area contributed by atoms with Crippen LogP contribution in [0.3, 0.4) is 0 Å². The Hall–Kier alpha value is -2.41. The van der Waals surface area contributed by atoms with Gasteiger partial charge in [0.2, 0.25) is 11.6 Å². The molecule has 1 aromatic heterocycles. The Labute approximate surface area is 121 Å². The fraction of sp³-hybridized carbons (Fsp3) is 0.357. The van der Waals surface area contributed by atoms with Gasteiger partial charge in [-0.25, -0.2) is 4.79 Å². The number of fused-ring (bicyclic) bond motifs is 1. The minimum absolute atomic E-state index is 0.000694. The Bertz CT molecular complexity index is 667. The molecule has 0 atom stereocenters. The number of Topliss-reactive ketones (excluding diaryl/α,β-unsaturated/α-hetero) is 1. The Balaban J connectivity index is 2.78. The molecule has 0 radical (unpaired) electrons. The number of rotatable bonds is 4. The number of ketones is 2. The van der Waals surface area contributed by atoms with Gasteiger partial charge in [0.25, 0.3) is 0 Å². The zero-order chi connectivity index (χ0) is 15.7. The summed E-state index contributed by atoms with van der Waals surface area (Å²) in [5, 5.41) is 0. The second-order valence-electron chi connectivity index (χ2n) is 4.43. The van der Waals surface area contributed by atoms with Gasteiger partial charge in [-0.1, -0.05) is 0 Å². The SMILES string of the molecule is COCc1c(C(=O)OC)c2c(n1C)C(=O)C=C(OC)C2=O. The first-order chi connectivity index (χ1) is 9.97. The summed E-state index contributed by atoms with van der Waals surface area (Å²) in [4.78, 5) is 36.6. The largest absolute Gasteiger partial charge is 0.492 e. The molecule has 0 bridgehead atoms. The molecule has 0 saturated heterocycles. The van der Waals surface area contributed by atoms with Crippen LogP contribution in [0, 0.1) is 0 Å². The van der Waals surface area contributed by atoms with Crippen LogP contribution in [-0.2, 0) is 27.9 Å². The molecular formula is C14H15NO6. The first-order valence-corrected chi connectivity index (χ1v) is 6.11. The number of nitrogens with zero attached hydrogens (tertiary/aromatic N) is 1. The van der Waals surface area contributed by atoms with Crippen LogP contribution < -0.4 is 0 Å². The summed E-state index contributed by atoms with van der Waals surface area (Å²) < 4.78 is 16.2. The highest BCUT2D eigenvalue weighted by Crippen LogP contribution is 2.30. The van der Waals surface area contributed by atoms with Crippen LogP contribution in [0.4, 0.5) is 0 Å². The average molecular weight is 293 g/mol. The Kier molecular flexibility index (Phi) is 3.95. The normalized spacial score (nSPS) is 13.8. The van der Waals surface area contributed by atoms with E-state index in [1.807, 2.05) is 0 Å². The Morgan fingerprint density at radius 3 is 2.43 bits per heavy atom. The lowest BCUT2D eigenvalue weighted by atomic mass is 9.96. The second kappa shape index (κ2) is 5.53. The minimum Gasteiger partial charge on any atom is -0.492 e. The summed E-state index contributed by atoms with van der Waals surface area (Å²) in [5.74, 6) is -1.73. The number of hydrogen-bond donors (Lipinski definition) is 0. The number of carbonyl (C=O) groups excluding carboxylic acids is 3. The van der Waals surface area contributed by atoms with Gasteiger partial charge in [-0.2, -0.15) is 0 Å². The molecule has 2 rings (SSSR count). The summed E-state index contributed by atoms with van der Waals surface area (Å²) in [5.41, 5.74) is 0.577. The van der Waals surface area contributed by atoms with Gasteiger partial charge in [0, 0.05) is 20.2 Å². The third-order valence-corrected chi connectivity index (χ3v) is 3.35.